The minimum absolute atomic E-state index is 0.138. The molecule has 0 aliphatic carbocycles. The molecule has 0 aromatic heterocycles. The molecule has 1 aliphatic heterocycles. The normalized spacial score (nSPS) is 15.7. The maximum atomic E-state index is 12.8. The highest BCUT2D eigenvalue weighted by atomic mass is 32.2. The molecule has 7 nitrogen and oxygen atoms in total. The van der Waals surface area contributed by atoms with Crippen LogP contribution in [0, 0.1) is 0 Å². The third-order valence-corrected chi connectivity index (χ3v) is 6.94. The number of methoxy groups -OCH3 is 2. The van der Waals surface area contributed by atoms with Crippen LogP contribution in [0.3, 0.4) is 0 Å². The first-order valence-electron chi connectivity index (χ1n) is 9.50. The lowest BCUT2D eigenvalue weighted by Crippen LogP contribution is -2.29. The van der Waals surface area contributed by atoms with Gasteiger partial charge in [-0.15, -0.1) is 0 Å². The van der Waals surface area contributed by atoms with E-state index in [0.29, 0.717) is 30.2 Å². The Labute approximate surface area is 171 Å². The number of nitrogens with one attached hydrogen (secondary N) is 1. The maximum Gasteiger partial charge on any atom is 0.251 e. The fourth-order valence-corrected chi connectivity index (χ4v) is 4.97. The molecule has 1 heterocycles. The highest BCUT2D eigenvalue weighted by molar-refractivity contribution is 7.89. The average molecular weight is 419 g/mol. The zero-order chi connectivity index (χ0) is 21.0. The largest absolute Gasteiger partial charge is 0.497 e. The molecule has 29 heavy (non-hydrogen) atoms. The van der Waals surface area contributed by atoms with Crippen molar-refractivity contribution in [3.63, 3.8) is 0 Å². The van der Waals surface area contributed by atoms with E-state index >= 15 is 0 Å². The van der Waals surface area contributed by atoms with Crippen molar-refractivity contribution in [3.05, 3.63) is 53.6 Å². The van der Waals surface area contributed by atoms with Gasteiger partial charge in [-0.25, -0.2) is 8.42 Å². The number of hydrogen-bond acceptors (Lipinski definition) is 5. The van der Waals surface area contributed by atoms with E-state index in [9.17, 15) is 13.2 Å². The molecule has 1 aliphatic rings. The second-order valence-corrected chi connectivity index (χ2v) is 8.88. The molecule has 2 aromatic carbocycles. The molecule has 1 amide bonds. The van der Waals surface area contributed by atoms with Crippen LogP contribution in [-0.2, 0) is 10.0 Å². The fourth-order valence-electron chi connectivity index (χ4n) is 3.41. The van der Waals surface area contributed by atoms with Crippen molar-refractivity contribution in [3.8, 4) is 11.5 Å². The van der Waals surface area contributed by atoms with Gasteiger partial charge in [0.1, 0.15) is 11.5 Å². The summed E-state index contributed by atoms with van der Waals surface area (Å²) >= 11 is 0. The van der Waals surface area contributed by atoms with Crippen LogP contribution >= 0.6 is 0 Å². The molecule has 1 saturated heterocycles. The van der Waals surface area contributed by atoms with Crippen LogP contribution < -0.4 is 14.8 Å². The first kappa shape index (κ1) is 21.1. The molecule has 156 valence electrons. The number of hydrogen-bond donors (Lipinski definition) is 1. The minimum atomic E-state index is -3.58. The Balaban J connectivity index is 1.81. The summed E-state index contributed by atoms with van der Waals surface area (Å²) < 4.78 is 37.6. The third-order valence-electron chi connectivity index (χ3n) is 5.05. The molecule has 0 radical (unpaired) electrons. The summed E-state index contributed by atoms with van der Waals surface area (Å²) in [4.78, 5) is 12.9. The molecular weight excluding hydrogens is 392 g/mol. The quantitative estimate of drug-likeness (QED) is 0.747. The maximum absolute atomic E-state index is 12.8. The summed E-state index contributed by atoms with van der Waals surface area (Å²) in [6.07, 6.45) is 1.72. The van der Waals surface area contributed by atoms with Crippen LogP contribution in [0.5, 0.6) is 11.5 Å². The molecular formula is C21H26N2O5S. The monoisotopic (exact) mass is 418 g/mol. The Kier molecular flexibility index (Phi) is 6.44. The van der Waals surface area contributed by atoms with E-state index in [4.69, 9.17) is 9.47 Å². The molecule has 0 unspecified atom stereocenters. The number of carbonyl (C=O) groups excluding carboxylic acids is 1. The van der Waals surface area contributed by atoms with Gasteiger partial charge in [-0.2, -0.15) is 4.31 Å². The van der Waals surface area contributed by atoms with Crippen LogP contribution in [-0.4, -0.2) is 45.9 Å². The highest BCUT2D eigenvalue weighted by Gasteiger charge is 2.27. The van der Waals surface area contributed by atoms with Gasteiger partial charge in [-0.3, -0.25) is 4.79 Å². The Morgan fingerprint density at radius 2 is 1.79 bits per heavy atom. The number of rotatable bonds is 7. The van der Waals surface area contributed by atoms with Crippen LogP contribution in [0.25, 0.3) is 0 Å². The van der Waals surface area contributed by atoms with E-state index in [-0.39, 0.29) is 16.8 Å². The Bertz CT molecular complexity index is 984. The lowest BCUT2D eigenvalue weighted by Gasteiger charge is -2.19. The van der Waals surface area contributed by atoms with Crippen LogP contribution in [0.1, 0.15) is 41.7 Å². The topological polar surface area (TPSA) is 84.9 Å². The Morgan fingerprint density at radius 3 is 2.45 bits per heavy atom. The van der Waals surface area contributed by atoms with Gasteiger partial charge in [-0.05, 0) is 56.2 Å². The number of benzene rings is 2. The predicted octanol–water partition coefficient (Wildman–Crippen LogP) is 2.98. The number of amides is 1. The first-order chi connectivity index (χ1) is 13.9. The Morgan fingerprint density at radius 1 is 1.07 bits per heavy atom. The fraction of sp³-hybridized carbons (Fsp3) is 0.381. The van der Waals surface area contributed by atoms with E-state index < -0.39 is 10.0 Å². The van der Waals surface area contributed by atoms with Crippen LogP contribution in [0.4, 0.5) is 0 Å². The van der Waals surface area contributed by atoms with Crippen molar-refractivity contribution < 1.29 is 22.7 Å². The summed E-state index contributed by atoms with van der Waals surface area (Å²) in [6, 6.07) is 11.1. The van der Waals surface area contributed by atoms with Crippen molar-refractivity contribution in [2.24, 2.45) is 0 Å². The van der Waals surface area contributed by atoms with Crippen molar-refractivity contribution in [2.45, 2.75) is 30.7 Å². The molecule has 1 fully saturated rings. The first-order valence-corrected chi connectivity index (χ1v) is 10.9. The molecule has 0 saturated carbocycles. The molecule has 1 N–H and O–H groups in total. The summed E-state index contributed by atoms with van der Waals surface area (Å²) in [5, 5.41) is 2.90. The number of ether oxygens (including phenoxy) is 2. The molecule has 0 spiro atoms. The minimum Gasteiger partial charge on any atom is -0.497 e. The summed E-state index contributed by atoms with van der Waals surface area (Å²) in [6.45, 7) is 2.87. The second-order valence-electron chi connectivity index (χ2n) is 6.94. The summed E-state index contributed by atoms with van der Waals surface area (Å²) in [5.41, 5.74) is 1.06. The lowest BCUT2D eigenvalue weighted by atomic mass is 10.1. The van der Waals surface area contributed by atoms with Gasteiger partial charge in [0.25, 0.3) is 5.91 Å². The van der Waals surface area contributed by atoms with Crippen molar-refractivity contribution in [1.82, 2.24) is 9.62 Å². The molecule has 2 aromatic rings. The molecule has 3 rings (SSSR count). The molecule has 8 heteroatoms. The number of sulfonamides is 1. The van der Waals surface area contributed by atoms with Gasteiger partial charge in [0.2, 0.25) is 10.0 Å². The number of nitrogens with zero attached hydrogens (tertiary/aromatic N) is 1. The van der Waals surface area contributed by atoms with Crippen LogP contribution in [0.15, 0.2) is 47.4 Å². The van der Waals surface area contributed by atoms with Crippen molar-refractivity contribution in [1.29, 1.82) is 0 Å². The van der Waals surface area contributed by atoms with Gasteiger partial charge < -0.3 is 14.8 Å². The van der Waals surface area contributed by atoms with E-state index in [1.807, 2.05) is 6.92 Å². The average Bonchev–Trinajstić information content (AvgIpc) is 3.29. The second kappa shape index (κ2) is 8.84. The smallest absolute Gasteiger partial charge is 0.251 e. The van der Waals surface area contributed by atoms with Gasteiger partial charge in [0.15, 0.2) is 0 Å². The molecule has 1 atom stereocenters. The third kappa shape index (κ3) is 4.54. The van der Waals surface area contributed by atoms with E-state index in [0.717, 1.165) is 18.4 Å². The van der Waals surface area contributed by atoms with Gasteiger partial charge in [0, 0.05) is 24.2 Å². The van der Waals surface area contributed by atoms with E-state index in [1.165, 1.54) is 16.4 Å². The lowest BCUT2D eigenvalue weighted by molar-refractivity contribution is 0.0939. The van der Waals surface area contributed by atoms with Gasteiger partial charge in [0.05, 0.1) is 25.2 Å². The van der Waals surface area contributed by atoms with Crippen molar-refractivity contribution >= 4 is 15.9 Å². The van der Waals surface area contributed by atoms with E-state index in [2.05, 4.69) is 5.32 Å². The van der Waals surface area contributed by atoms with Crippen molar-refractivity contribution in [2.75, 3.05) is 27.3 Å². The predicted molar refractivity (Wildman–Crippen MR) is 110 cm³/mol. The summed E-state index contributed by atoms with van der Waals surface area (Å²) in [7, 11) is -0.446. The van der Waals surface area contributed by atoms with Gasteiger partial charge >= 0.3 is 0 Å². The van der Waals surface area contributed by atoms with Crippen LogP contribution in [0.2, 0.25) is 0 Å². The molecule has 0 bridgehead atoms. The Hall–Kier alpha value is -2.58. The zero-order valence-electron chi connectivity index (χ0n) is 16.8. The van der Waals surface area contributed by atoms with E-state index in [1.54, 1.807) is 44.6 Å². The standard InChI is InChI=1S/C21H26N2O5S/c1-15(19-14-17(27-2)9-10-20(19)28-3)22-21(24)16-7-6-8-18(13-16)29(25,26)23-11-4-5-12-23/h6-10,13-15H,4-5,11-12H2,1-3H3,(H,22,24)/t15-/m0/s1. The summed E-state index contributed by atoms with van der Waals surface area (Å²) in [5.74, 6) is 0.922. The SMILES string of the molecule is COc1ccc(OC)c([C@H](C)NC(=O)c2cccc(S(=O)(=O)N3CCCC3)c2)c1. The zero-order valence-corrected chi connectivity index (χ0v) is 17.7. The highest BCUT2D eigenvalue weighted by Crippen LogP contribution is 2.29. The number of carbonyl (C=O) groups is 1. The van der Waals surface area contributed by atoms with Gasteiger partial charge in [-0.1, -0.05) is 6.07 Å².